The van der Waals surface area contributed by atoms with Crippen LogP contribution < -0.4 is 15.4 Å². The van der Waals surface area contributed by atoms with E-state index in [-0.39, 0.29) is 30.6 Å². The maximum Gasteiger partial charge on any atom is 0.251 e. The van der Waals surface area contributed by atoms with Gasteiger partial charge in [-0.1, -0.05) is 18.2 Å². The van der Waals surface area contributed by atoms with Gasteiger partial charge in [0.25, 0.3) is 5.91 Å². The van der Waals surface area contributed by atoms with E-state index in [9.17, 15) is 14.0 Å². The van der Waals surface area contributed by atoms with E-state index < -0.39 is 0 Å². The number of benzene rings is 2. The Kier molecular flexibility index (Phi) is 4.23. The Balaban J connectivity index is 1.73. The van der Waals surface area contributed by atoms with E-state index in [0.717, 1.165) is 0 Å². The fourth-order valence-corrected chi connectivity index (χ4v) is 2.28. The quantitative estimate of drug-likeness (QED) is 0.914. The molecule has 23 heavy (non-hydrogen) atoms. The van der Waals surface area contributed by atoms with E-state index in [1.165, 1.54) is 6.07 Å². The van der Waals surface area contributed by atoms with Crippen molar-refractivity contribution in [2.75, 3.05) is 11.9 Å². The standard InChI is InChI=1S/C17H15FN2O3/c18-13-4-2-1-3-12(13)10-19-17(22)11-5-6-15-14(9-11)20-16(21)7-8-23-15/h1-6,9H,7-8,10H2,(H,19,22)(H,20,21). The van der Waals surface area contributed by atoms with Gasteiger partial charge in [-0.15, -0.1) is 0 Å². The first kappa shape index (κ1) is 15.0. The summed E-state index contributed by atoms with van der Waals surface area (Å²) in [6, 6.07) is 11.0. The van der Waals surface area contributed by atoms with E-state index in [0.29, 0.717) is 29.2 Å². The summed E-state index contributed by atoms with van der Waals surface area (Å²) >= 11 is 0. The summed E-state index contributed by atoms with van der Waals surface area (Å²) in [6.07, 6.45) is 0.267. The van der Waals surface area contributed by atoms with E-state index >= 15 is 0 Å². The van der Waals surface area contributed by atoms with Crippen molar-refractivity contribution in [2.24, 2.45) is 0 Å². The van der Waals surface area contributed by atoms with Crippen LogP contribution in [0.4, 0.5) is 10.1 Å². The molecule has 1 aliphatic rings. The van der Waals surface area contributed by atoms with Crippen LogP contribution in [-0.2, 0) is 11.3 Å². The molecule has 0 fully saturated rings. The highest BCUT2D eigenvalue weighted by molar-refractivity contribution is 5.98. The Bertz CT molecular complexity index is 761. The Hall–Kier alpha value is -2.89. The second-order valence-corrected chi connectivity index (χ2v) is 5.13. The molecule has 0 spiro atoms. The molecule has 118 valence electrons. The number of hydrogen-bond donors (Lipinski definition) is 2. The predicted molar refractivity (Wildman–Crippen MR) is 82.8 cm³/mol. The highest BCUT2D eigenvalue weighted by Crippen LogP contribution is 2.28. The predicted octanol–water partition coefficient (Wildman–Crippen LogP) is 2.48. The number of halogens is 1. The first-order chi connectivity index (χ1) is 11.1. The fraction of sp³-hybridized carbons (Fsp3) is 0.176. The number of hydrogen-bond acceptors (Lipinski definition) is 3. The van der Waals surface area contributed by atoms with Gasteiger partial charge in [-0.25, -0.2) is 4.39 Å². The van der Waals surface area contributed by atoms with Crippen molar-refractivity contribution in [2.45, 2.75) is 13.0 Å². The summed E-state index contributed by atoms with van der Waals surface area (Å²) in [7, 11) is 0. The van der Waals surface area contributed by atoms with Gasteiger partial charge in [0, 0.05) is 17.7 Å². The number of fused-ring (bicyclic) bond motifs is 1. The third kappa shape index (κ3) is 3.48. The molecule has 2 aromatic carbocycles. The summed E-state index contributed by atoms with van der Waals surface area (Å²) in [4.78, 5) is 23.7. The minimum Gasteiger partial charge on any atom is -0.491 e. The van der Waals surface area contributed by atoms with Crippen LogP contribution in [0.15, 0.2) is 42.5 Å². The average Bonchev–Trinajstić information content (AvgIpc) is 2.73. The lowest BCUT2D eigenvalue weighted by Crippen LogP contribution is -2.23. The average molecular weight is 314 g/mol. The number of carbonyl (C=O) groups is 2. The number of carbonyl (C=O) groups excluding carboxylic acids is 2. The van der Waals surface area contributed by atoms with E-state index in [1.54, 1.807) is 36.4 Å². The van der Waals surface area contributed by atoms with Gasteiger partial charge in [0.1, 0.15) is 11.6 Å². The summed E-state index contributed by atoms with van der Waals surface area (Å²) < 4.78 is 19.0. The highest BCUT2D eigenvalue weighted by atomic mass is 19.1. The molecule has 1 heterocycles. The largest absolute Gasteiger partial charge is 0.491 e. The maximum absolute atomic E-state index is 13.5. The third-order valence-electron chi connectivity index (χ3n) is 3.50. The van der Waals surface area contributed by atoms with Crippen LogP contribution in [0.2, 0.25) is 0 Å². The number of anilines is 1. The van der Waals surface area contributed by atoms with E-state index in [1.807, 2.05) is 0 Å². The van der Waals surface area contributed by atoms with Crippen molar-refractivity contribution in [3.05, 3.63) is 59.4 Å². The molecule has 0 atom stereocenters. The SMILES string of the molecule is O=C1CCOc2ccc(C(=O)NCc3ccccc3F)cc2N1. The molecule has 0 aliphatic carbocycles. The van der Waals surface area contributed by atoms with Crippen LogP contribution in [0.25, 0.3) is 0 Å². The molecule has 2 amide bonds. The van der Waals surface area contributed by atoms with Crippen molar-refractivity contribution >= 4 is 17.5 Å². The lowest BCUT2D eigenvalue weighted by Gasteiger charge is -2.10. The molecular weight excluding hydrogens is 299 g/mol. The number of ether oxygens (including phenoxy) is 1. The third-order valence-corrected chi connectivity index (χ3v) is 3.50. The molecule has 0 unspecified atom stereocenters. The minimum atomic E-state index is -0.365. The van der Waals surface area contributed by atoms with Gasteiger partial charge in [0.2, 0.25) is 5.91 Å². The second kappa shape index (κ2) is 6.48. The van der Waals surface area contributed by atoms with Gasteiger partial charge >= 0.3 is 0 Å². The lowest BCUT2D eigenvalue weighted by molar-refractivity contribution is -0.116. The second-order valence-electron chi connectivity index (χ2n) is 5.13. The molecule has 0 saturated heterocycles. The summed E-state index contributed by atoms with van der Waals surface area (Å²) in [5, 5.41) is 5.35. The van der Waals surface area contributed by atoms with Crippen LogP contribution >= 0.6 is 0 Å². The Labute approximate surface area is 132 Å². The maximum atomic E-state index is 13.5. The molecule has 2 N–H and O–H groups in total. The molecule has 0 radical (unpaired) electrons. The topological polar surface area (TPSA) is 67.4 Å². The first-order valence-electron chi connectivity index (χ1n) is 7.22. The van der Waals surface area contributed by atoms with Gasteiger partial charge in [-0.2, -0.15) is 0 Å². The van der Waals surface area contributed by atoms with Crippen LogP contribution in [0.5, 0.6) is 5.75 Å². The first-order valence-corrected chi connectivity index (χ1v) is 7.22. The zero-order valence-corrected chi connectivity index (χ0v) is 12.3. The molecule has 0 bridgehead atoms. The summed E-state index contributed by atoms with van der Waals surface area (Å²) in [5.74, 6) is -0.348. The highest BCUT2D eigenvalue weighted by Gasteiger charge is 2.16. The minimum absolute atomic E-state index is 0.0887. The molecule has 3 rings (SSSR count). The van der Waals surface area contributed by atoms with E-state index in [4.69, 9.17) is 4.74 Å². The summed E-state index contributed by atoms with van der Waals surface area (Å²) in [6.45, 7) is 0.392. The molecule has 0 aromatic heterocycles. The van der Waals surface area contributed by atoms with Crippen LogP contribution in [-0.4, -0.2) is 18.4 Å². The lowest BCUT2D eigenvalue weighted by atomic mass is 10.1. The van der Waals surface area contributed by atoms with E-state index in [2.05, 4.69) is 10.6 Å². The molecule has 0 saturated carbocycles. The van der Waals surface area contributed by atoms with Crippen molar-refractivity contribution in [1.82, 2.24) is 5.32 Å². The Morgan fingerprint density at radius 1 is 1.26 bits per heavy atom. The number of amides is 2. The van der Waals surface area contributed by atoms with Crippen molar-refractivity contribution < 1.29 is 18.7 Å². The van der Waals surface area contributed by atoms with Gasteiger partial charge in [-0.3, -0.25) is 9.59 Å². The van der Waals surface area contributed by atoms with Gasteiger partial charge in [0.15, 0.2) is 0 Å². The number of nitrogens with one attached hydrogen (secondary N) is 2. The van der Waals surface area contributed by atoms with Gasteiger partial charge in [-0.05, 0) is 24.3 Å². The molecule has 1 aliphatic heterocycles. The van der Waals surface area contributed by atoms with Crippen LogP contribution in [0, 0.1) is 5.82 Å². The number of rotatable bonds is 3. The van der Waals surface area contributed by atoms with Crippen molar-refractivity contribution in [3.8, 4) is 5.75 Å². The Morgan fingerprint density at radius 2 is 2.09 bits per heavy atom. The fourth-order valence-electron chi connectivity index (χ4n) is 2.28. The van der Waals surface area contributed by atoms with Gasteiger partial charge < -0.3 is 15.4 Å². The molecule has 5 nitrogen and oxygen atoms in total. The normalized spacial score (nSPS) is 13.3. The van der Waals surface area contributed by atoms with Crippen molar-refractivity contribution in [1.29, 1.82) is 0 Å². The van der Waals surface area contributed by atoms with Crippen molar-refractivity contribution in [3.63, 3.8) is 0 Å². The molecular formula is C17H15FN2O3. The zero-order chi connectivity index (χ0) is 16.2. The smallest absolute Gasteiger partial charge is 0.251 e. The zero-order valence-electron chi connectivity index (χ0n) is 12.3. The molecule has 2 aromatic rings. The van der Waals surface area contributed by atoms with Crippen LogP contribution in [0.3, 0.4) is 0 Å². The van der Waals surface area contributed by atoms with Gasteiger partial charge in [0.05, 0.1) is 18.7 Å². The van der Waals surface area contributed by atoms with Crippen LogP contribution in [0.1, 0.15) is 22.3 Å². The summed E-state index contributed by atoms with van der Waals surface area (Å²) in [5.41, 5.74) is 1.24. The Morgan fingerprint density at radius 3 is 2.91 bits per heavy atom. The molecule has 6 heteroatoms. The monoisotopic (exact) mass is 314 g/mol.